The van der Waals surface area contributed by atoms with Gasteiger partial charge in [-0.05, 0) is 25.0 Å². The van der Waals surface area contributed by atoms with Crippen LogP contribution < -0.4 is 9.47 Å². The highest BCUT2D eigenvalue weighted by Gasteiger charge is 2.25. The highest BCUT2D eigenvalue weighted by molar-refractivity contribution is 6.32. The summed E-state index contributed by atoms with van der Waals surface area (Å²) in [6, 6.07) is 3.75. The van der Waals surface area contributed by atoms with Crippen LogP contribution >= 0.6 is 11.6 Å². The van der Waals surface area contributed by atoms with Gasteiger partial charge in [-0.3, -0.25) is 4.79 Å². The van der Waals surface area contributed by atoms with E-state index in [0.717, 1.165) is 12.8 Å². The number of fused-ring (bicyclic) bond motifs is 1. The summed E-state index contributed by atoms with van der Waals surface area (Å²) >= 11 is 6.21. The third kappa shape index (κ3) is 2.95. The lowest BCUT2D eigenvalue weighted by molar-refractivity contribution is 0.0695. The minimum Gasteiger partial charge on any atom is -0.486 e. The van der Waals surface area contributed by atoms with Gasteiger partial charge in [0.25, 0.3) is 5.91 Å². The number of carbonyl (C=O) groups excluding carboxylic acids is 1. The van der Waals surface area contributed by atoms with Crippen molar-refractivity contribution in [1.29, 1.82) is 0 Å². The first-order chi connectivity index (χ1) is 10.2. The summed E-state index contributed by atoms with van der Waals surface area (Å²) in [7, 11) is 1.88. The number of rotatable bonds is 2. The molecule has 0 N–H and O–H groups in total. The van der Waals surface area contributed by atoms with E-state index >= 15 is 0 Å². The molecular weight excluding hydrogens is 290 g/mol. The molecule has 1 aliphatic heterocycles. The van der Waals surface area contributed by atoms with E-state index in [-0.39, 0.29) is 5.91 Å². The first kappa shape index (κ1) is 14.5. The lowest BCUT2D eigenvalue weighted by atomic mass is 9.94. The molecule has 0 unspecified atom stereocenters. The van der Waals surface area contributed by atoms with Crippen molar-refractivity contribution < 1.29 is 14.3 Å². The second-order valence-corrected chi connectivity index (χ2v) is 6.10. The van der Waals surface area contributed by atoms with Crippen molar-refractivity contribution in [3.05, 3.63) is 22.7 Å². The maximum atomic E-state index is 12.7. The molecule has 1 aliphatic carbocycles. The number of hydrogen-bond donors (Lipinski definition) is 0. The fraction of sp³-hybridized carbons (Fsp3) is 0.562. The second-order valence-electron chi connectivity index (χ2n) is 5.69. The van der Waals surface area contributed by atoms with Crippen molar-refractivity contribution in [3.8, 4) is 11.5 Å². The third-order valence-electron chi connectivity index (χ3n) is 4.29. The van der Waals surface area contributed by atoms with Gasteiger partial charge in [0.05, 0.1) is 5.02 Å². The predicted molar refractivity (Wildman–Crippen MR) is 81.4 cm³/mol. The first-order valence-corrected chi connectivity index (χ1v) is 7.91. The van der Waals surface area contributed by atoms with Gasteiger partial charge < -0.3 is 14.4 Å². The van der Waals surface area contributed by atoms with Crippen LogP contribution in [0.5, 0.6) is 11.5 Å². The minimum absolute atomic E-state index is 0.000716. The molecule has 5 heteroatoms. The molecule has 0 spiro atoms. The predicted octanol–water partition coefficient (Wildman–Crippen LogP) is 3.52. The fourth-order valence-electron chi connectivity index (χ4n) is 3.07. The Morgan fingerprint density at radius 1 is 1.19 bits per heavy atom. The average molecular weight is 310 g/mol. The number of ether oxygens (including phenoxy) is 2. The molecule has 1 saturated carbocycles. The Hall–Kier alpha value is -1.42. The van der Waals surface area contributed by atoms with Crippen LogP contribution in [-0.4, -0.2) is 37.1 Å². The molecule has 1 aromatic carbocycles. The SMILES string of the molecule is CN(C(=O)c1cc(Cl)c2c(c1)OCCO2)C1CCCCC1. The Kier molecular flexibility index (Phi) is 4.24. The van der Waals surface area contributed by atoms with Crippen molar-refractivity contribution >= 4 is 17.5 Å². The quantitative estimate of drug-likeness (QED) is 0.839. The van der Waals surface area contributed by atoms with Crippen LogP contribution in [-0.2, 0) is 0 Å². The summed E-state index contributed by atoms with van der Waals surface area (Å²) in [4.78, 5) is 14.5. The molecule has 0 aromatic heterocycles. The third-order valence-corrected chi connectivity index (χ3v) is 4.57. The Bertz CT molecular complexity index is 541. The van der Waals surface area contributed by atoms with E-state index < -0.39 is 0 Å². The minimum atomic E-state index is 0.000716. The normalized spacial score (nSPS) is 18.4. The molecule has 1 fully saturated rings. The van der Waals surface area contributed by atoms with Crippen LogP contribution in [0.1, 0.15) is 42.5 Å². The topological polar surface area (TPSA) is 38.8 Å². The molecule has 0 saturated heterocycles. The molecular formula is C16H20ClNO3. The van der Waals surface area contributed by atoms with Crippen molar-refractivity contribution in [1.82, 2.24) is 4.90 Å². The maximum absolute atomic E-state index is 12.7. The monoisotopic (exact) mass is 309 g/mol. The van der Waals surface area contributed by atoms with Gasteiger partial charge in [-0.1, -0.05) is 30.9 Å². The molecule has 3 rings (SSSR count). The van der Waals surface area contributed by atoms with Crippen molar-refractivity contribution in [2.45, 2.75) is 38.1 Å². The van der Waals surface area contributed by atoms with Gasteiger partial charge in [0.15, 0.2) is 11.5 Å². The van der Waals surface area contributed by atoms with E-state index in [4.69, 9.17) is 21.1 Å². The molecule has 114 valence electrons. The van der Waals surface area contributed by atoms with Gasteiger partial charge >= 0.3 is 0 Å². The Morgan fingerprint density at radius 2 is 1.90 bits per heavy atom. The summed E-state index contributed by atoms with van der Waals surface area (Å²) in [6.45, 7) is 0.974. The average Bonchev–Trinajstić information content (AvgIpc) is 2.54. The number of halogens is 1. The van der Waals surface area contributed by atoms with Gasteiger partial charge in [0, 0.05) is 18.7 Å². The molecule has 1 aromatic rings. The molecule has 21 heavy (non-hydrogen) atoms. The van der Waals surface area contributed by atoms with Crippen LogP contribution in [0.15, 0.2) is 12.1 Å². The van der Waals surface area contributed by atoms with Crippen LogP contribution in [0.2, 0.25) is 5.02 Å². The van der Waals surface area contributed by atoms with Gasteiger partial charge in [0.1, 0.15) is 13.2 Å². The first-order valence-electron chi connectivity index (χ1n) is 7.53. The molecule has 2 aliphatic rings. The molecule has 0 atom stereocenters. The van der Waals surface area contributed by atoms with Crippen molar-refractivity contribution in [3.63, 3.8) is 0 Å². The number of amides is 1. The highest BCUT2D eigenvalue weighted by atomic mass is 35.5. The zero-order chi connectivity index (χ0) is 14.8. The van der Waals surface area contributed by atoms with Gasteiger partial charge in [-0.25, -0.2) is 0 Å². The van der Waals surface area contributed by atoms with Gasteiger partial charge in [0.2, 0.25) is 0 Å². The van der Waals surface area contributed by atoms with Crippen molar-refractivity contribution in [2.75, 3.05) is 20.3 Å². The fourth-order valence-corrected chi connectivity index (χ4v) is 3.34. The van der Waals surface area contributed by atoms with E-state index in [1.54, 1.807) is 12.1 Å². The number of hydrogen-bond acceptors (Lipinski definition) is 3. The lowest BCUT2D eigenvalue weighted by Crippen LogP contribution is -2.38. The zero-order valence-corrected chi connectivity index (χ0v) is 13.0. The van der Waals surface area contributed by atoms with E-state index in [0.29, 0.717) is 41.3 Å². The Labute approximate surface area is 130 Å². The molecule has 0 radical (unpaired) electrons. The Balaban J connectivity index is 1.82. The lowest BCUT2D eigenvalue weighted by Gasteiger charge is -2.31. The molecule has 1 heterocycles. The van der Waals surface area contributed by atoms with Crippen LogP contribution in [0.4, 0.5) is 0 Å². The summed E-state index contributed by atoms with van der Waals surface area (Å²) in [5.74, 6) is 1.11. The summed E-state index contributed by atoms with van der Waals surface area (Å²) in [6.07, 6.45) is 5.84. The number of nitrogens with zero attached hydrogens (tertiary/aromatic N) is 1. The van der Waals surface area contributed by atoms with Crippen molar-refractivity contribution in [2.24, 2.45) is 0 Å². The number of benzene rings is 1. The summed E-state index contributed by atoms with van der Waals surface area (Å²) < 4.78 is 11.0. The summed E-state index contributed by atoms with van der Waals surface area (Å²) in [5, 5.41) is 0.438. The van der Waals surface area contributed by atoms with Crippen LogP contribution in [0.25, 0.3) is 0 Å². The highest BCUT2D eigenvalue weighted by Crippen LogP contribution is 2.38. The van der Waals surface area contributed by atoms with E-state index in [2.05, 4.69) is 0 Å². The number of carbonyl (C=O) groups is 1. The van der Waals surface area contributed by atoms with E-state index in [9.17, 15) is 4.79 Å². The van der Waals surface area contributed by atoms with E-state index in [1.807, 2.05) is 11.9 Å². The Morgan fingerprint density at radius 3 is 2.67 bits per heavy atom. The largest absolute Gasteiger partial charge is 0.486 e. The summed E-state index contributed by atoms with van der Waals surface area (Å²) in [5.41, 5.74) is 0.567. The molecule has 1 amide bonds. The van der Waals surface area contributed by atoms with Crippen LogP contribution in [0.3, 0.4) is 0 Å². The maximum Gasteiger partial charge on any atom is 0.254 e. The molecule has 0 bridgehead atoms. The zero-order valence-electron chi connectivity index (χ0n) is 12.2. The van der Waals surface area contributed by atoms with Gasteiger partial charge in [-0.15, -0.1) is 0 Å². The second kappa shape index (κ2) is 6.14. The van der Waals surface area contributed by atoms with Gasteiger partial charge in [-0.2, -0.15) is 0 Å². The van der Waals surface area contributed by atoms with Crippen LogP contribution in [0, 0.1) is 0 Å². The molecule has 4 nitrogen and oxygen atoms in total. The standard InChI is InChI=1S/C16H20ClNO3/c1-18(12-5-3-2-4-6-12)16(19)11-9-13(17)15-14(10-11)20-7-8-21-15/h9-10,12H,2-8H2,1H3. The smallest absolute Gasteiger partial charge is 0.254 e. The van der Waals surface area contributed by atoms with E-state index in [1.165, 1.54) is 19.3 Å².